The summed E-state index contributed by atoms with van der Waals surface area (Å²) in [6.45, 7) is 2.89. The Bertz CT molecular complexity index is 1010. The Hall–Kier alpha value is -3.20. The highest BCUT2D eigenvalue weighted by molar-refractivity contribution is 5.89. The average molecular weight is 396 g/mol. The maximum Gasteiger partial charge on any atom is 0.321 e. The number of aryl methyl sites for hydroxylation is 1. The quantitative estimate of drug-likeness (QED) is 0.666. The topological polar surface area (TPSA) is 94.4 Å². The van der Waals surface area contributed by atoms with Crippen molar-refractivity contribution >= 4 is 22.8 Å². The Morgan fingerprint density at radius 3 is 2.79 bits per heavy atom. The SMILES string of the molecule is COc1nc(CNC(=O)Cc2cn(C)c3ccccc23)nc(N2CCOCC2)n1. The lowest BCUT2D eigenvalue weighted by molar-refractivity contribution is -0.120. The number of benzene rings is 1. The van der Waals surface area contributed by atoms with Gasteiger partial charge in [-0.3, -0.25) is 4.79 Å². The largest absolute Gasteiger partial charge is 0.467 e. The summed E-state index contributed by atoms with van der Waals surface area (Å²) in [6.07, 6.45) is 2.28. The van der Waals surface area contributed by atoms with Crippen LogP contribution in [-0.2, 0) is 29.5 Å². The van der Waals surface area contributed by atoms with Crippen molar-refractivity contribution in [2.24, 2.45) is 7.05 Å². The number of nitrogens with one attached hydrogen (secondary N) is 1. The third-order valence-corrected chi connectivity index (χ3v) is 4.90. The number of rotatable bonds is 6. The van der Waals surface area contributed by atoms with Gasteiger partial charge < -0.3 is 24.3 Å². The molecule has 3 aromatic rings. The molecule has 1 N–H and O–H groups in total. The zero-order valence-corrected chi connectivity index (χ0v) is 16.6. The Labute approximate surface area is 168 Å². The van der Waals surface area contributed by atoms with Crippen molar-refractivity contribution in [3.05, 3.63) is 41.9 Å². The fraction of sp³-hybridized carbons (Fsp3) is 0.400. The number of hydrogen-bond acceptors (Lipinski definition) is 7. The van der Waals surface area contributed by atoms with Gasteiger partial charge >= 0.3 is 6.01 Å². The van der Waals surface area contributed by atoms with E-state index in [0.717, 1.165) is 16.5 Å². The first-order valence-electron chi connectivity index (χ1n) is 9.55. The van der Waals surface area contributed by atoms with Gasteiger partial charge in [0.25, 0.3) is 0 Å². The number of morpholine rings is 1. The van der Waals surface area contributed by atoms with E-state index in [4.69, 9.17) is 9.47 Å². The molecule has 4 rings (SSSR count). The van der Waals surface area contributed by atoms with Crippen LogP contribution in [0.1, 0.15) is 11.4 Å². The summed E-state index contributed by atoms with van der Waals surface area (Å²) in [5.41, 5.74) is 2.09. The van der Waals surface area contributed by atoms with Gasteiger partial charge in [-0.1, -0.05) is 18.2 Å². The Balaban J connectivity index is 1.44. The maximum atomic E-state index is 12.5. The highest BCUT2D eigenvalue weighted by atomic mass is 16.5. The van der Waals surface area contributed by atoms with Gasteiger partial charge in [0.15, 0.2) is 5.82 Å². The van der Waals surface area contributed by atoms with Crippen LogP contribution in [0.15, 0.2) is 30.5 Å². The van der Waals surface area contributed by atoms with E-state index in [2.05, 4.69) is 20.3 Å². The maximum absolute atomic E-state index is 12.5. The van der Waals surface area contributed by atoms with E-state index in [0.29, 0.717) is 44.5 Å². The van der Waals surface area contributed by atoms with E-state index in [9.17, 15) is 4.79 Å². The molecule has 0 radical (unpaired) electrons. The van der Waals surface area contributed by atoms with Crippen LogP contribution in [0.2, 0.25) is 0 Å². The highest BCUT2D eigenvalue weighted by Gasteiger charge is 2.17. The lowest BCUT2D eigenvalue weighted by Crippen LogP contribution is -2.37. The lowest BCUT2D eigenvalue weighted by atomic mass is 10.1. The molecule has 1 amide bonds. The van der Waals surface area contributed by atoms with E-state index < -0.39 is 0 Å². The molecule has 0 saturated carbocycles. The number of aromatic nitrogens is 4. The summed E-state index contributed by atoms with van der Waals surface area (Å²) >= 11 is 0. The number of amides is 1. The standard InChI is InChI=1S/C20H24N6O3/c1-25-13-14(15-5-3-4-6-16(15)25)11-18(27)21-12-17-22-19(24-20(23-17)28-2)26-7-9-29-10-8-26/h3-6,13H,7-12H2,1-2H3,(H,21,27). The molecular formula is C20H24N6O3. The van der Waals surface area contributed by atoms with Gasteiger partial charge in [0, 0.05) is 37.2 Å². The molecular weight excluding hydrogens is 372 g/mol. The molecule has 9 heteroatoms. The van der Waals surface area contributed by atoms with E-state index in [-0.39, 0.29) is 18.5 Å². The molecule has 1 fully saturated rings. The smallest absolute Gasteiger partial charge is 0.321 e. The third-order valence-electron chi connectivity index (χ3n) is 4.90. The van der Waals surface area contributed by atoms with Crippen LogP contribution in [0.5, 0.6) is 6.01 Å². The number of ether oxygens (including phenoxy) is 2. The van der Waals surface area contributed by atoms with Crippen molar-refractivity contribution in [1.29, 1.82) is 0 Å². The minimum Gasteiger partial charge on any atom is -0.467 e. The van der Waals surface area contributed by atoms with Gasteiger partial charge in [0.05, 0.1) is 33.3 Å². The first-order chi connectivity index (χ1) is 14.1. The molecule has 152 valence electrons. The number of nitrogens with zero attached hydrogens (tertiary/aromatic N) is 5. The van der Waals surface area contributed by atoms with Crippen LogP contribution in [0.4, 0.5) is 5.95 Å². The molecule has 0 atom stereocenters. The van der Waals surface area contributed by atoms with Crippen molar-refractivity contribution in [1.82, 2.24) is 24.8 Å². The van der Waals surface area contributed by atoms with E-state index in [1.54, 1.807) is 0 Å². The molecule has 0 bridgehead atoms. The van der Waals surface area contributed by atoms with Gasteiger partial charge in [0.2, 0.25) is 11.9 Å². The monoisotopic (exact) mass is 396 g/mol. The number of para-hydroxylation sites is 1. The minimum absolute atomic E-state index is 0.0892. The van der Waals surface area contributed by atoms with Crippen LogP contribution < -0.4 is 15.0 Å². The third kappa shape index (κ3) is 4.29. The Morgan fingerprint density at radius 1 is 1.21 bits per heavy atom. The van der Waals surface area contributed by atoms with E-state index in [1.807, 2.05) is 47.0 Å². The van der Waals surface area contributed by atoms with Crippen LogP contribution in [-0.4, -0.2) is 58.8 Å². The van der Waals surface area contributed by atoms with Gasteiger partial charge in [-0.2, -0.15) is 15.0 Å². The van der Waals surface area contributed by atoms with Crippen molar-refractivity contribution < 1.29 is 14.3 Å². The van der Waals surface area contributed by atoms with Crippen LogP contribution in [0, 0.1) is 0 Å². The molecule has 2 aromatic heterocycles. The molecule has 1 aliphatic heterocycles. The van der Waals surface area contributed by atoms with Gasteiger partial charge in [-0.25, -0.2) is 0 Å². The van der Waals surface area contributed by atoms with E-state index in [1.165, 1.54) is 7.11 Å². The molecule has 29 heavy (non-hydrogen) atoms. The second-order valence-electron chi connectivity index (χ2n) is 6.87. The summed E-state index contributed by atoms with van der Waals surface area (Å²) in [5.74, 6) is 0.914. The predicted molar refractivity (Wildman–Crippen MR) is 108 cm³/mol. The Morgan fingerprint density at radius 2 is 2.00 bits per heavy atom. The molecule has 0 aliphatic carbocycles. The number of anilines is 1. The zero-order valence-electron chi connectivity index (χ0n) is 16.6. The van der Waals surface area contributed by atoms with Gasteiger partial charge in [-0.15, -0.1) is 0 Å². The number of hydrogen-bond donors (Lipinski definition) is 1. The molecule has 3 heterocycles. The Kier molecular flexibility index (Phi) is 5.57. The first kappa shape index (κ1) is 19.1. The second-order valence-corrected chi connectivity index (χ2v) is 6.87. The van der Waals surface area contributed by atoms with Crippen LogP contribution in [0.25, 0.3) is 10.9 Å². The minimum atomic E-state index is -0.0892. The van der Waals surface area contributed by atoms with Crippen molar-refractivity contribution in [3.8, 4) is 6.01 Å². The van der Waals surface area contributed by atoms with Crippen molar-refractivity contribution in [2.75, 3.05) is 38.3 Å². The first-order valence-corrected chi connectivity index (χ1v) is 9.55. The number of carbonyl (C=O) groups excluding carboxylic acids is 1. The van der Waals surface area contributed by atoms with E-state index >= 15 is 0 Å². The molecule has 0 spiro atoms. The zero-order chi connectivity index (χ0) is 20.2. The number of methoxy groups -OCH3 is 1. The summed E-state index contributed by atoms with van der Waals surface area (Å²) in [6, 6.07) is 8.28. The molecule has 0 unspecified atom stereocenters. The van der Waals surface area contributed by atoms with Crippen molar-refractivity contribution in [3.63, 3.8) is 0 Å². The van der Waals surface area contributed by atoms with Crippen LogP contribution in [0.3, 0.4) is 0 Å². The van der Waals surface area contributed by atoms with Crippen LogP contribution >= 0.6 is 0 Å². The van der Waals surface area contributed by atoms with Gasteiger partial charge in [-0.05, 0) is 11.6 Å². The fourth-order valence-corrected chi connectivity index (χ4v) is 3.44. The number of fused-ring (bicyclic) bond motifs is 1. The average Bonchev–Trinajstić information content (AvgIpc) is 3.08. The molecule has 1 aliphatic rings. The fourth-order valence-electron chi connectivity index (χ4n) is 3.44. The second kappa shape index (κ2) is 8.44. The van der Waals surface area contributed by atoms with Crippen molar-refractivity contribution in [2.45, 2.75) is 13.0 Å². The summed E-state index contributed by atoms with van der Waals surface area (Å²) < 4.78 is 12.6. The highest BCUT2D eigenvalue weighted by Crippen LogP contribution is 2.20. The summed E-state index contributed by atoms with van der Waals surface area (Å²) in [4.78, 5) is 27.6. The van der Waals surface area contributed by atoms with Gasteiger partial charge in [0.1, 0.15) is 0 Å². The molecule has 1 saturated heterocycles. The normalized spacial score (nSPS) is 14.2. The summed E-state index contributed by atoms with van der Waals surface area (Å²) in [5, 5.41) is 3.99. The number of carbonyl (C=O) groups is 1. The molecule has 1 aromatic carbocycles. The predicted octanol–water partition coefficient (Wildman–Crippen LogP) is 1.07. The summed E-state index contributed by atoms with van der Waals surface area (Å²) in [7, 11) is 3.50. The lowest BCUT2D eigenvalue weighted by Gasteiger charge is -2.26. The molecule has 9 nitrogen and oxygen atoms in total.